The molecule has 2 atom stereocenters. The van der Waals surface area contributed by atoms with Gasteiger partial charge in [-0.05, 0) is 31.1 Å². The summed E-state index contributed by atoms with van der Waals surface area (Å²) < 4.78 is 0. The van der Waals surface area contributed by atoms with Crippen LogP contribution >= 0.6 is 0 Å². The van der Waals surface area contributed by atoms with Crippen LogP contribution in [0.1, 0.15) is 19.3 Å². The van der Waals surface area contributed by atoms with Crippen LogP contribution in [-0.4, -0.2) is 0 Å². The van der Waals surface area contributed by atoms with Crippen LogP contribution in [0, 0.1) is 11.8 Å². The zero-order chi connectivity index (χ0) is 6.10. The maximum Gasteiger partial charge on any atom is -0.0164 e. The molecule has 0 aromatic rings. The van der Waals surface area contributed by atoms with Crippen LogP contribution in [-0.2, 0) is 0 Å². The molecular weight excluding hydrogens is 108 g/mol. The molecule has 1 saturated carbocycles. The highest BCUT2D eigenvalue weighted by Gasteiger charge is 2.31. The molecule has 0 aromatic heterocycles. The molecule has 0 aromatic carbocycles. The Morgan fingerprint density at radius 1 is 0.889 bits per heavy atom. The van der Waals surface area contributed by atoms with Crippen LogP contribution in [0.5, 0.6) is 0 Å². The average Bonchev–Trinajstić information content (AvgIpc) is 2.46. The molecule has 0 heteroatoms. The average molecular weight is 120 g/mol. The Hall–Kier alpha value is -0.520. The number of fused-ring (bicyclic) bond motifs is 1. The van der Waals surface area contributed by atoms with E-state index >= 15 is 0 Å². The molecule has 0 amide bonds. The maximum atomic E-state index is 2.38. The minimum atomic E-state index is 0.918. The van der Waals surface area contributed by atoms with Gasteiger partial charge in [0.15, 0.2) is 0 Å². The largest absolute Gasteiger partial charge is 0.0879 e. The van der Waals surface area contributed by atoms with Gasteiger partial charge in [-0.15, -0.1) is 0 Å². The van der Waals surface area contributed by atoms with E-state index in [9.17, 15) is 0 Å². The Morgan fingerprint density at radius 3 is 2.00 bits per heavy atom. The minimum absolute atomic E-state index is 0.918. The molecule has 0 saturated heterocycles. The van der Waals surface area contributed by atoms with Crippen molar-refractivity contribution in [3.63, 3.8) is 0 Å². The molecule has 0 unspecified atom stereocenters. The lowest BCUT2D eigenvalue weighted by molar-refractivity contribution is 0.931. The molecule has 0 nitrogen and oxygen atoms in total. The third-order valence-corrected chi connectivity index (χ3v) is 2.16. The van der Waals surface area contributed by atoms with E-state index in [1.54, 1.807) is 0 Å². The first-order valence-electron chi connectivity index (χ1n) is 3.80. The first-order valence-corrected chi connectivity index (χ1v) is 3.80. The normalized spacial score (nSPS) is 46.2. The zero-order valence-corrected chi connectivity index (χ0v) is 5.59. The van der Waals surface area contributed by atoms with E-state index in [-0.39, 0.29) is 0 Å². The van der Waals surface area contributed by atoms with Crippen molar-refractivity contribution < 1.29 is 0 Å². The minimum Gasteiger partial charge on any atom is -0.0879 e. The van der Waals surface area contributed by atoms with Gasteiger partial charge >= 0.3 is 0 Å². The summed E-state index contributed by atoms with van der Waals surface area (Å²) in [5.74, 6) is 1.84. The molecule has 2 aliphatic carbocycles. The second-order valence-electron chi connectivity index (χ2n) is 3.00. The van der Waals surface area contributed by atoms with Gasteiger partial charge in [-0.2, -0.15) is 0 Å². The third kappa shape index (κ3) is 1.07. The summed E-state index contributed by atoms with van der Waals surface area (Å²) in [7, 11) is 0. The smallest absolute Gasteiger partial charge is 0.0164 e. The number of allylic oxidation sites excluding steroid dienone is 4. The first-order chi connectivity index (χ1) is 4.47. The van der Waals surface area contributed by atoms with Crippen LogP contribution in [0.2, 0.25) is 0 Å². The number of hydrogen-bond donors (Lipinski definition) is 0. The Balaban J connectivity index is 2.05. The lowest BCUT2D eigenvalue weighted by atomic mass is 10.1. The summed E-state index contributed by atoms with van der Waals surface area (Å²) in [5, 5.41) is 0. The highest BCUT2D eigenvalue weighted by Crippen LogP contribution is 2.41. The van der Waals surface area contributed by atoms with E-state index in [0.717, 1.165) is 11.8 Å². The van der Waals surface area contributed by atoms with Gasteiger partial charge in [0.1, 0.15) is 0 Å². The van der Waals surface area contributed by atoms with E-state index in [4.69, 9.17) is 0 Å². The van der Waals surface area contributed by atoms with Crippen LogP contribution in [0.3, 0.4) is 0 Å². The van der Waals surface area contributed by atoms with Gasteiger partial charge in [0.2, 0.25) is 0 Å². The molecule has 48 valence electrons. The number of hydrogen-bond acceptors (Lipinski definition) is 0. The highest BCUT2D eigenvalue weighted by molar-refractivity contribution is 5.12. The molecule has 0 bridgehead atoms. The van der Waals surface area contributed by atoms with Gasteiger partial charge in [0.05, 0.1) is 0 Å². The van der Waals surface area contributed by atoms with E-state index < -0.39 is 0 Å². The summed E-state index contributed by atoms with van der Waals surface area (Å²) in [4.78, 5) is 0. The molecule has 0 N–H and O–H groups in total. The van der Waals surface area contributed by atoms with Gasteiger partial charge in [-0.1, -0.05) is 24.3 Å². The Bertz CT molecular complexity index is 135. The quantitative estimate of drug-likeness (QED) is 0.431. The van der Waals surface area contributed by atoms with Crippen molar-refractivity contribution in [2.24, 2.45) is 11.8 Å². The summed E-state index contributed by atoms with van der Waals surface area (Å²) >= 11 is 0. The molecule has 9 heavy (non-hydrogen) atoms. The molecule has 0 aliphatic heterocycles. The molecule has 0 radical (unpaired) electrons. The molecule has 0 spiro atoms. The summed E-state index contributed by atoms with van der Waals surface area (Å²) in [6, 6.07) is 0. The summed E-state index contributed by atoms with van der Waals surface area (Å²) in [6.45, 7) is 0. The van der Waals surface area contributed by atoms with Gasteiger partial charge < -0.3 is 0 Å². The molecular formula is C9H12. The fourth-order valence-corrected chi connectivity index (χ4v) is 1.41. The van der Waals surface area contributed by atoms with Crippen molar-refractivity contribution in [2.45, 2.75) is 19.3 Å². The standard InChI is InChI=1S/C9H12/c1-2-4-6-9-7-8(9)5-3-1/h3-6,8-9H,1-2,7H2/b5-3-,6-4-/t8-,9+. The van der Waals surface area contributed by atoms with E-state index in [1.165, 1.54) is 19.3 Å². The Kier molecular flexibility index (Phi) is 1.18. The van der Waals surface area contributed by atoms with E-state index in [1.807, 2.05) is 0 Å². The lowest BCUT2D eigenvalue weighted by Crippen LogP contribution is -1.76. The highest BCUT2D eigenvalue weighted by atomic mass is 14.4. The van der Waals surface area contributed by atoms with Crippen molar-refractivity contribution in [1.82, 2.24) is 0 Å². The van der Waals surface area contributed by atoms with E-state index in [0.29, 0.717) is 0 Å². The van der Waals surface area contributed by atoms with Crippen molar-refractivity contribution >= 4 is 0 Å². The summed E-state index contributed by atoms with van der Waals surface area (Å²) in [6.07, 6.45) is 13.3. The zero-order valence-electron chi connectivity index (χ0n) is 5.59. The van der Waals surface area contributed by atoms with Crippen molar-refractivity contribution in [3.8, 4) is 0 Å². The monoisotopic (exact) mass is 120 g/mol. The van der Waals surface area contributed by atoms with Crippen LogP contribution in [0.15, 0.2) is 24.3 Å². The van der Waals surface area contributed by atoms with Crippen molar-refractivity contribution in [3.05, 3.63) is 24.3 Å². The molecule has 2 rings (SSSR count). The van der Waals surface area contributed by atoms with Crippen molar-refractivity contribution in [1.29, 1.82) is 0 Å². The topological polar surface area (TPSA) is 0 Å². The number of rotatable bonds is 0. The molecule has 1 fully saturated rings. The molecule has 0 heterocycles. The second-order valence-corrected chi connectivity index (χ2v) is 3.00. The second kappa shape index (κ2) is 2.02. The predicted octanol–water partition coefficient (Wildman–Crippen LogP) is 2.53. The Labute approximate surface area is 56.3 Å². The molecule has 2 aliphatic rings. The fourth-order valence-electron chi connectivity index (χ4n) is 1.41. The summed E-state index contributed by atoms with van der Waals surface area (Å²) in [5.41, 5.74) is 0. The SMILES string of the molecule is C1=C\[C@@H]2C[C@@H]2/C=C\CC/1. The van der Waals surface area contributed by atoms with Crippen molar-refractivity contribution in [2.75, 3.05) is 0 Å². The fraction of sp³-hybridized carbons (Fsp3) is 0.556. The van der Waals surface area contributed by atoms with Gasteiger partial charge in [-0.3, -0.25) is 0 Å². The van der Waals surface area contributed by atoms with Crippen LogP contribution in [0.4, 0.5) is 0 Å². The third-order valence-electron chi connectivity index (χ3n) is 2.16. The van der Waals surface area contributed by atoms with E-state index in [2.05, 4.69) is 24.3 Å². The van der Waals surface area contributed by atoms with Gasteiger partial charge in [0, 0.05) is 0 Å². The Morgan fingerprint density at radius 2 is 1.44 bits per heavy atom. The van der Waals surface area contributed by atoms with Crippen LogP contribution < -0.4 is 0 Å². The van der Waals surface area contributed by atoms with Gasteiger partial charge in [0.25, 0.3) is 0 Å². The van der Waals surface area contributed by atoms with Gasteiger partial charge in [-0.25, -0.2) is 0 Å². The predicted molar refractivity (Wildman–Crippen MR) is 39.1 cm³/mol. The lowest BCUT2D eigenvalue weighted by Gasteiger charge is -1.91. The maximum absolute atomic E-state index is 2.38. The first kappa shape index (κ1) is 5.28. The van der Waals surface area contributed by atoms with Crippen LogP contribution in [0.25, 0.3) is 0 Å².